The Hall–Kier alpha value is -7.56. The zero-order valence-electron chi connectivity index (χ0n) is 31.1. The van der Waals surface area contributed by atoms with E-state index >= 15 is 0 Å². The summed E-state index contributed by atoms with van der Waals surface area (Å²) >= 11 is 0. The quantitative estimate of drug-likeness (QED) is 0.170. The lowest BCUT2D eigenvalue weighted by atomic mass is 9.92. The molecule has 4 heteroatoms. The average Bonchev–Trinajstić information content (AvgIpc) is 3.83. The monoisotopic (exact) mass is 727 g/mol. The summed E-state index contributed by atoms with van der Waals surface area (Å²) < 4.78 is 9.22. The van der Waals surface area contributed by atoms with Crippen molar-refractivity contribution < 1.29 is 4.42 Å². The molecule has 3 heterocycles. The second-order valence-corrected chi connectivity index (χ2v) is 15.0. The number of hydrogen-bond donors (Lipinski definition) is 0. The van der Waals surface area contributed by atoms with E-state index in [1.807, 2.05) is 6.07 Å². The topological polar surface area (TPSA) is 43.9 Å². The van der Waals surface area contributed by atoms with E-state index in [-0.39, 0.29) is 0 Å². The van der Waals surface area contributed by atoms with Crippen molar-refractivity contribution >= 4 is 76.2 Å². The predicted molar refractivity (Wildman–Crippen MR) is 237 cm³/mol. The minimum Gasteiger partial charge on any atom is -0.452 e. The second kappa shape index (κ2) is 12.2. The summed E-state index contributed by atoms with van der Waals surface area (Å²) in [6, 6.07) is 64.9. The van der Waals surface area contributed by atoms with Gasteiger partial charge in [-0.05, 0) is 92.3 Å². The van der Waals surface area contributed by atoms with Crippen LogP contribution in [0.5, 0.6) is 0 Å². The Morgan fingerprint density at radius 1 is 0.404 bits per heavy atom. The maximum Gasteiger partial charge on any atom is 0.180 e. The van der Waals surface area contributed by atoms with Gasteiger partial charge in [-0.25, -0.2) is 9.97 Å². The Kier molecular flexibility index (Phi) is 6.81. The number of benzene rings is 9. The average molecular weight is 728 g/mol. The van der Waals surface area contributed by atoms with Crippen molar-refractivity contribution in [3.05, 3.63) is 188 Å². The van der Waals surface area contributed by atoms with E-state index in [2.05, 4.69) is 187 Å². The zero-order valence-corrected chi connectivity index (χ0v) is 31.1. The molecule has 0 N–H and O–H groups in total. The molecular weight excluding hydrogens is 695 g/mol. The number of nitrogens with zero attached hydrogens (tertiary/aromatic N) is 3. The molecule has 12 aromatic rings. The van der Waals surface area contributed by atoms with Gasteiger partial charge in [-0.1, -0.05) is 146 Å². The molecule has 4 nitrogen and oxygen atoms in total. The highest BCUT2D eigenvalue weighted by Crippen LogP contribution is 2.44. The minimum absolute atomic E-state index is 0.642. The van der Waals surface area contributed by atoms with Gasteiger partial charge in [0.2, 0.25) is 0 Å². The largest absolute Gasteiger partial charge is 0.452 e. The van der Waals surface area contributed by atoms with Gasteiger partial charge >= 0.3 is 0 Å². The van der Waals surface area contributed by atoms with E-state index in [0.29, 0.717) is 11.4 Å². The second-order valence-electron chi connectivity index (χ2n) is 15.0. The lowest BCUT2D eigenvalue weighted by molar-refractivity contribution is 0.664. The van der Waals surface area contributed by atoms with E-state index in [1.165, 1.54) is 37.7 Å². The number of aryl methyl sites for hydroxylation is 1. The van der Waals surface area contributed by atoms with Crippen LogP contribution in [0.4, 0.5) is 0 Å². The van der Waals surface area contributed by atoms with Gasteiger partial charge < -0.3 is 8.98 Å². The van der Waals surface area contributed by atoms with E-state index in [0.717, 1.165) is 72.1 Å². The Morgan fingerprint density at radius 3 is 1.53 bits per heavy atom. The van der Waals surface area contributed by atoms with Gasteiger partial charge in [-0.2, -0.15) is 0 Å². The summed E-state index contributed by atoms with van der Waals surface area (Å²) in [5.74, 6) is 0.642. The third-order valence-electron chi connectivity index (χ3n) is 11.7. The van der Waals surface area contributed by atoms with Crippen molar-refractivity contribution in [1.82, 2.24) is 14.5 Å². The molecule has 0 atom stereocenters. The van der Waals surface area contributed by atoms with E-state index in [4.69, 9.17) is 14.4 Å². The number of para-hydroxylation sites is 2. The van der Waals surface area contributed by atoms with Crippen LogP contribution >= 0.6 is 0 Å². The molecule has 0 amide bonds. The maximum atomic E-state index is 6.81. The first-order valence-corrected chi connectivity index (χ1v) is 19.4. The van der Waals surface area contributed by atoms with Gasteiger partial charge in [0.25, 0.3) is 0 Å². The molecule has 0 radical (unpaired) electrons. The first-order chi connectivity index (χ1) is 28.2. The van der Waals surface area contributed by atoms with Crippen LogP contribution in [0.25, 0.3) is 116 Å². The number of rotatable bonds is 4. The normalized spacial score (nSPS) is 11.9. The van der Waals surface area contributed by atoms with Crippen molar-refractivity contribution in [2.75, 3.05) is 0 Å². The van der Waals surface area contributed by atoms with Crippen molar-refractivity contribution in [2.45, 2.75) is 6.92 Å². The van der Waals surface area contributed by atoms with Gasteiger partial charge in [0.15, 0.2) is 11.4 Å². The summed E-state index contributed by atoms with van der Waals surface area (Å²) in [5.41, 5.74) is 11.6. The van der Waals surface area contributed by atoms with Crippen LogP contribution in [0.15, 0.2) is 186 Å². The molecule has 0 saturated carbocycles. The van der Waals surface area contributed by atoms with Crippen LogP contribution in [0, 0.1) is 6.92 Å². The molecule has 3 aromatic heterocycles. The summed E-state index contributed by atoms with van der Waals surface area (Å²) in [6.07, 6.45) is 0. The summed E-state index contributed by atoms with van der Waals surface area (Å²) in [6.45, 7) is 2.12. The SMILES string of the molecule is Cc1cc(-c2ccccc2)cc2c1oc1c(-c3ccccc3)nc(-c3cc4c5ccccc5c5ccccc5c4cc3-n3c4ccccc4c4ccccc43)nc12. The molecule has 0 saturated heterocycles. The van der Waals surface area contributed by atoms with Crippen LogP contribution in [-0.4, -0.2) is 14.5 Å². The first-order valence-electron chi connectivity index (χ1n) is 19.4. The number of furan rings is 1. The molecule has 0 aliphatic heterocycles. The summed E-state index contributed by atoms with van der Waals surface area (Å²) in [5, 5.41) is 10.6. The van der Waals surface area contributed by atoms with Gasteiger partial charge in [-0.15, -0.1) is 0 Å². The predicted octanol–water partition coefficient (Wildman–Crippen LogP) is 14.2. The van der Waals surface area contributed by atoms with Crippen molar-refractivity contribution in [3.8, 4) is 39.5 Å². The standard InChI is InChI=1S/C53H33N3O/c1-32-28-35(33-16-4-2-5-17-33)29-45-50-52(57-51(32)45)49(34-18-6-3-7-19-34)54-53(55-50)44-30-42-38-22-10-8-20-36(38)37-21-9-11-23-39(37)43(42)31-48(44)56-46-26-14-12-24-40(46)41-25-13-15-27-47(41)56/h2-31H,1H3. The highest BCUT2D eigenvalue weighted by molar-refractivity contribution is 6.26. The fourth-order valence-electron chi connectivity index (χ4n) is 9.11. The lowest BCUT2D eigenvalue weighted by Crippen LogP contribution is -2.02. The molecule has 0 aliphatic carbocycles. The van der Waals surface area contributed by atoms with Gasteiger partial charge in [0.1, 0.15) is 16.8 Å². The van der Waals surface area contributed by atoms with E-state index < -0.39 is 0 Å². The fourth-order valence-corrected chi connectivity index (χ4v) is 9.11. The van der Waals surface area contributed by atoms with Gasteiger partial charge in [-0.3, -0.25) is 0 Å². The van der Waals surface area contributed by atoms with Crippen LogP contribution in [0.1, 0.15) is 5.56 Å². The Bertz CT molecular complexity index is 3530. The molecular formula is C53H33N3O. The molecule has 12 rings (SSSR count). The number of aromatic nitrogens is 3. The third-order valence-corrected chi connectivity index (χ3v) is 11.7. The van der Waals surface area contributed by atoms with Gasteiger partial charge in [0, 0.05) is 27.3 Å². The molecule has 0 bridgehead atoms. The number of hydrogen-bond acceptors (Lipinski definition) is 3. The first kappa shape index (κ1) is 31.8. The Morgan fingerprint density at radius 2 is 0.912 bits per heavy atom. The summed E-state index contributed by atoms with van der Waals surface area (Å²) in [7, 11) is 0. The van der Waals surface area contributed by atoms with Crippen LogP contribution in [0.3, 0.4) is 0 Å². The lowest BCUT2D eigenvalue weighted by Gasteiger charge is -2.18. The Labute approximate surface area is 327 Å². The molecule has 0 fully saturated rings. The van der Waals surface area contributed by atoms with E-state index in [1.54, 1.807) is 0 Å². The van der Waals surface area contributed by atoms with Crippen LogP contribution in [-0.2, 0) is 0 Å². The van der Waals surface area contributed by atoms with Gasteiger partial charge in [0.05, 0.1) is 16.7 Å². The maximum absolute atomic E-state index is 6.81. The Balaban J connectivity index is 1.27. The van der Waals surface area contributed by atoms with Crippen LogP contribution < -0.4 is 0 Å². The number of fused-ring (bicyclic) bond motifs is 12. The van der Waals surface area contributed by atoms with Crippen LogP contribution in [0.2, 0.25) is 0 Å². The molecule has 57 heavy (non-hydrogen) atoms. The summed E-state index contributed by atoms with van der Waals surface area (Å²) in [4.78, 5) is 11.1. The molecule has 0 aliphatic rings. The fraction of sp³-hybridized carbons (Fsp3) is 0.0189. The molecule has 0 unspecified atom stereocenters. The smallest absolute Gasteiger partial charge is 0.180 e. The minimum atomic E-state index is 0.642. The highest BCUT2D eigenvalue weighted by Gasteiger charge is 2.24. The molecule has 266 valence electrons. The molecule has 9 aromatic carbocycles. The highest BCUT2D eigenvalue weighted by atomic mass is 16.3. The molecule has 0 spiro atoms. The third kappa shape index (κ3) is 4.74. The van der Waals surface area contributed by atoms with Crippen molar-refractivity contribution in [2.24, 2.45) is 0 Å². The van der Waals surface area contributed by atoms with Crippen molar-refractivity contribution in [3.63, 3.8) is 0 Å². The van der Waals surface area contributed by atoms with E-state index in [9.17, 15) is 0 Å². The zero-order chi connectivity index (χ0) is 37.6. The van der Waals surface area contributed by atoms with Crippen molar-refractivity contribution in [1.29, 1.82) is 0 Å².